The van der Waals surface area contributed by atoms with E-state index in [0.29, 0.717) is 0 Å². The monoisotopic (exact) mass is 201 g/mol. The van der Waals surface area contributed by atoms with Gasteiger partial charge >= 0.3 is 0 Å². The molecule has 1 aliphatic rings. The minimum absolute atomic E-state index is 0.797. The minimum atomic E-state index is 0.797. The maximum atomic E-state index is 3.52. The lowest BCUT2D eigenvalue weighted by Crippen LogP contribution is -2.18. The molecule has 0 spiro atoms. The fourth-order valence-electron chi connectivity index (χ4n) is 1.69. The third kappa shape index (κ3) is 3.52. The summed E-state index contributed by atoms with van der Waals surface area (Å²) in [6, 6.07) is 9.43. The molecular weight excluding hydrogens is 182 g/mol. The molecular formula is C14H19N. The number of hydrogen-bond donors (Lipinski definition) is 1. The van der Waals surface area contributed by atoms with Crippen LogP contribution < -0.4 is 5.32 Å². The highest BCUT2D eigenvalue weighted by atomic mass is 14.9. The van der Waals surface area contributed by atoms with Crippen molar-refractivity contribution in [3.8, 4) is 0 Å². The second-order valence-electron chi connectivity index (χ2n) is 4.56. The Morgan fingerprint density at radius 2 is 2.27 bits per heavy atom. The van der Waals surface area contributed by atoms with E-state index in [9.17, 15) is 0 Å². The molecule has 0 heterocycles. The number of benzene rings is 1. The van der Waals surface area contributed by atoms with Gasteiger partial charge in [0.2, 0.25) is 0 Å². The first kappa shape index (κ1) is 10.4. The lowest BCUT2D eigenvalue weighted by atomic mass is 10.1. The van der Waals surface area contributed by atoms with Gasteiger partial charge in [-0.2, -0.15) is 0 Å². The van der Waals surface area contributed by atoms with Crippen molar-refractivity contribution in [3.05, 3.63) is 41.0 Å². The lowest BCUT2D eigenvalue weighted by molar-refractivity contribution is 0.736. The summed E-state index contributed by atoms with van der Waals surface area (Å²) in [5.41, 5.74) is 4.05. The first-order valence-corrected chi connectivity index (χ1v) is 5.71. The third-order valence-electron chi connectivity index (χ3n) is 2.70. The van der Waals surface area contributed by atoms with Gasteiger partial charge < -0.3 is 5.32 Å². The highest BCUT2D eigenvalue weighted by Gasteiger charge is 2.19. The minimum Gasteiger partial charge on any atom is -0.310 e. The van der Waals surface area contributed by atoms with Crippen LogP contribution in [0.1, 0.15) is 30.9 Å². The highest BCUT2D eigenvalue weighted by Crippen LogP contribution is 2.19. The Morgan fingerprint density at radius 1 is 1.47 bits per heavy atom. The zero-order chi connectivity index (χ0) is 10.7. The lowest BCUT2D eigenvalue weighted by Gasteiger charge is -2.03. The van der Waals surface area contributed by atoms with Crippen LogP contribution in [0, 0.1) is 6.92 Å². The largest absolute Gasteiger partial charge is 0.310 e. The van der Waals surface area contributed by atoms with Gasteiger partial charge in [-0.1, -0.05) is 41.5 Å². The fourth-order valence-corrected chi connectivity index (χ4v) is 1.69. The molecule has 2 rings (SSSR count). The Bertz CT molecular complexity index is 361. The van der Waals surface area contributed by atoms with E-state index in [1.165, 1.54) is 29.5 Å². The zero-order valence-corrected chi connectivity index (χ0v) is 9.59. The molecule has 80 valence electrons. The van der Waals surface area contributed by atoms with Crippen molar-refractivity contribution in [2.24, 2.45) is 0 Å². The summed E-state index contributed by atoms with van der Waals surface area (Å²) in [6.45, 7) is 5.35. The van der Waals surface area contributed by atoms with Crippen LogP contribution in [0.25, 0.3) is 6.08 Å². The Labute approximate surface area is 92.2 Å². The maximum absolute atomic E-state index is 3.52. The number of nitrogens with one attached hydrogen (secondary N) is 1. The van der Waals surface area contributed by atoms with Crippen LogP contribution in [-0.2, 0) is 0 Å². The SMILES string of the molecule is CC(=Cc1cccc(C)c1)CNC1CC1. The predicted octanol–water partition coefficient (Wildman–Crippen LogP) is 3.15. The van der Waals surface area contributed by atoms with E-state index in [1.54, 1.807) is 0 Å². The van der Waals surface area contributed by atoms with E-state index in [1.807, 2.05) is 0 Å². The molecule has 1 fully saturated rings. The molecule has 0 atom stereocenters. The van der Waals surface area contributed by atoms with Gasteiger partial charge in [-0.15, -0.1) is 0 Å². The van der Waals surface area contributed by atoms with Crippen molar-refractivity contribution in [2.75, 3.05) is 6.54 Å². The van der Waals surface area contributed by atoms with Crippen LogP contribution in [0.4, 0.5) is 0 Å². The highest BCUT2D eigenvalue weighted by molar-refractivity contribution is 5.53. The molecule has 0 radical (unpaired) electrons. The Kier molecular flexibility index (Phi) is 3.22. The van der Waals surface area contributed by atoms with Crippen molar-refractivity contribution in [1.82, 2.24) is 5.32 Å². The first-order valence-electron chi connectivity index (χ1n) is 5.71. The Hall–Kier alpha value is -1.08. The molecule has 1 saturated carbocycles. The van der Waals surface area contributed by atoms with Crippen LogP contribution in [0.5, 0.6) is 0 Å². The van der Waals surface area contributed by atoms with Crippen LogP contribution in [-0.4, -0.2) is 12.6 Å². The van der Waals surface area contributed by atoms with E-state index in [2.05, 4.69) is 49.5 Å². The molecule has 1 aliphatic carbocycles. The van der Waals surface area contributed by atoms with Gasteiger partial charge in [-0.3, -0.25) is 0 Å². The molecule has 1 N–H and O–H groups in total. The number of aryl methyl sites for hydroxylation is 1. The van der Waals surface area contributed by atoms with Gasteiger partial charge in [0.25, 0.3) is 0 Å². The van der Waals surface area contributed by atoms with Crippen LogP contribution in [0.2, 0.25) is 0 Å². The van der Waals surface area contributed by atoms with Crippen molar-refractivity contribution < 1.29 is 0 Å². The standard InChI is InChI=1S/C14H19N/c1-11-4-3-5-13(8-11)9-12(2)10-15-14-6-7-14/h3-5,8-9,14-15H,6-7,10H2,1-2H3. The molecule has 0 unspecified atom stereocenters. The summed E-state index contributed by atoms with van der Waals surface area (Å²) < 4.78 is 0. The van der Waals surface area contributed by atoms with Crippen molar-refractivity contribution in [1.29, 1.82) is 0 Å². The van der Waals surface area contributed by atoms with E-state index in [0.717, 1.165) is 12.6 Å². The molecule has 0 amide bonds. The summed E-state index contributed by atoms with van der Waals surface area (Å²) in [6.07, 6.45) is 4.98. The van der Waals surface area contributed by atoms with Gasteiger partial charge in [0, 0.05) is 12.6 Å². The van der Waals surface area contributed by atoms with Crippen LogP contribution in [0.15, 0.2) is 29.8 Å². The average molecular weight is 201 g/mol. The molecule has 0 bridgehead atoms. The van der Waals surface area contributed by atoms with Gasteiger partial charge in [-0.25, -0.2) is 0 Å². The van der Waals surface area contributed by atoms with E-state index >= 15 is 0 Å². The summed E-state index contributed by atoms with van der Waals surface area (Å²) >= 11 is 0. The van der Waals surface area contributed by atoms with Crippen molar-refractivity contribution >= 4 is 6.08 Å². The maximum Gasteiger partial charge on any atom is 0.0167 e. The topological polar surface area (TPSA) is 12.0 Å². The molecule has 0 aromatic heterocycles. The van der Waals surface area contributed by atoms with Crippen LogP contribution in [0.3, 0.4) is 0 Å². The molecule has 1 aromatic carbocycles. The summed E-state index contributed by atoms with van der Waals surface area (Å²) in [7, 11) is 0. The summed E-state index contributed by atoms with van der Waals surface area (Å²) in [4.78, 5) is 0. The predicted molar refractivity (Wildman–Crippen MR) is 65.9 cm³/mol. The zero-order valence-electron chi connectivity index (χ0n) is 9.59. The second-order valence-corrected chi connectivity index (χ2v) is 4.56. The van der Waals surface area contributed by atoms with E-state index in [4.69, 9.17) is 0 Å². The van der Waals surface area contributed by atoms with E-state index in [-0.39, 0.29) is 0 Å². The molecule has 1 nitrogen and oxygen atoms in total. The Morgan fingerprint density at radius 3 is 2.93 bits per heavy atom. The van der Waals surface area contributed by atoms with Gasteiger partial charge in [0.15, 0.2) is 0 Å². The first-order chi connectivity index (χ1) is 7.24. The van der Waals surface area contributed by atoms with Gasteiger partial charge in [-0.05, 0) is 32.3 Å². The molecule has 0 aliphatic heterocycles. The molecule has 0 saturated heterocycles. The van der Waals surface area contributed by atoms with Crippen molar-refractivity contribution in [2.45, 2.75) is 32.7 Å². The van der Waals surface area contributed by atoms with Gasteiger partial charge in [0.05, 0.1) is 0 Å². The molecule has 1 aromatic rings. The summed E-state index contributed by atoms with van der Waals surface area (Å²) in [5.74, 6) is 0. The van der Waals surface area contributed by atoms with Crippen molar-refractivity contribution in [3.63, 3.8) is 0 Å². The average Bonchev–Trinajstić information content (AvgIpc) is 2.98. The number of hydrogen-bond acceptors (Lipinski definition) is 1. The smallest absolute Gasteiger partial charge is 0.0167 e. The second kappa shape index (κ2) is 4.63. The number of rotatable bonds is 4. The summed E-state index contributed by atoms with van der Waals surface area (Å²) in [5, 5.41) is 3.52. The van der Waals surface area contributed by atoms with Crippen LogP contribution >= 0.6 is 0 Å². The quantitative estimate of drug-likeness (QED) is 0.789. The third-order valence-corrected chi connectivity index (χ3v) is 2.70. The van der Waals surface area contributed by atoms with E-state index < -0.39 is 0 Å². The Balaban J connectivity index is 1.94. The fraction of sp³-hybridized carbons (Fsp3) is 0.429. The normalized spacial score (nSPS) is 16.8. The molecule has 15 heavy (non-hydrogen) atoms. The molecule has 1 heteroatoms. The van der Waals surface area contributed by atoms with Gasteiger partial charge in [0.1, 0.15) is 0 Å².